The van der Waals surface area contributed by atoms with Crippen LogP contribution in [0.25, 0.3) is 22.3 Å². The summed E-state index contributed by atoms with van der Waals surface area (Å²) in [5.41, 5.74) is 4.57. The van der Waals surface area contributed by atoms with Gasteiger partial charge in [-0.05, 0) is 68.3 Å². The number of aryl methyl sites for hydroxylation is 2. The Balaban J connectivity index is 1.65. The summed E-state index contributed by atoms with van der Waals surface area (Å²) in [6, 6.07) is 19.6. The van der Waals surface area contributed by atoms with Crippen LogP contribution in [0.4, 0.5) is 0 Å². The second kappa shape index (κ2) is 9.08. The monoisotopic (exact) mass is 508 g/mol. The molecule has 1 atom stereocenters. The van der Waals surface area contributed by atoms with E-state index < -0.39 is 17.3 Å². The van der Waals surface area contributed by atoms with Crippen LogP contribution in [-0.2, 0) is 6.42 Å². The van der Waals surface area contributed by atoms with Crippen molar-refractivity contribution in [3.05, 3.63) is 116 Å². The fourth-order valence-corrected chi connectivity index (χ4v) is 5.30. The molecule has 38 heavy (non-hydrogen) atoms. The number of H-pyrrole nitrogens is 1. The Labute approximate surface area is 218 Å². The molecule has 0 aliphatic carbocycles. The van der Waals surface area contributed by atoms with Gasteiger partial charge >= 0.3 is 5.69 Å². The number of aromatic hydroxyl groups is 1. The molecule has 0 unspecified atom stereocenters. The highest BCUT2D eigenvalue weighted by Gasteiger charge is 2.33. The highest BCUT2D eigenvalue weighted by molar-refractivity contribution is 5.86. The molecule has 6 rings (SSSR count). The van der Waals surface area contributed by atoms with Crippen LogP contribution < -0.4 is 21.3 Å². The first kappa shape index (κ1) is 23.8. The number of aromatic amines is 1. The van der Waals surface area contributed by atoms with Crippen molar-refractivity contribution in [2.24, 2.45) is 0 Å². The van der Waals surface area contributed by atoms with Crippen LogP contribution in [0.5, 0.6) is 11.6 Å². The van der Waals surface area contributed by atoms with E-state index in [9.17, 15) is 14.7 Å². The Bertz CT molecular complexity index is 1790. The number of methoxy groups -OCH3 is 1. The number of hydrogen-bond acceptors (Lipinski definition) is 5. The number of rotatable bonds is 4. The normalized spacial score (nSPS) is 15.0. The molecule has 0 amide bonds. The molecule has 192 valence electrons. The van der Waals surface area contributed by atoms with Crippen LogP contribution in [0.1, 0.15) is 34.0 Å². The third-order valence-corrected chi connectivity index (χ3v) is 7.30. The lowest BCUT2D eigenvalue weighted by molar-refractivity contribution is 0.406. The predicted octanol–water partition coefficient (Wildman–Crippen LogP) is 4.04. The van der Waals surface area contributed by atoms with Crippen LogP contribution in [0.3, 0.4) is 0 Å². The maximum atomic E-state index is 14.1. The summed E-state index contributed by atoms with van der Waals surface area (Å²) in [6.07, 6.45) is 0.740. The third kappa shape index (κ3) is 3.72. The number of hydrogen-bond donors (Lipinski definition) is 3. The SMILES string of the molecule is COc1ccc2[nH]c3c(c2c1)CCN[C@H]3c1c(O)n(-c2ccc(C)cc2)c(=O)n(-c2ccc(C)cc2)c1=O. The van der Waals surface area contributed by atoms with Crippen molar-refractivity contribution in [3.8, 4) is 23.0 Å². The van der Waals surface area contributed by atoms with Crippen LogP contribution in [0, 0.1) is 13.8 Å². The predicted molar refractivity (Wildman–Crippen MR) is 147 cm³/mol. The fraction of sp³-hybridized carbons (Fsp3) is 0.200. The quantitative estimate of drug-likeness (QED) is 0.340. The molecule has 5 aromatic rings. The Morgan fingerprint density at radius 1 is 0.895 bits per heavy atom. The Kier molecular flexibility index (Phi) is 5.69. The molecular weight excluding hydrogens is 480 g/mol. The summed E-state index contributed by atoms with van der Waals surface area (Å²) >= 11 is 0. The highest BCUT2D eigenvalue weighted by Crippen LogP contribution is 2.36. The molecule has 3 aromatic carbocycles. The Morgan fingerprint density at radius 2 is 1.53 bits per heavy atom. The second-order valence-corrected chi connectivity index (χ2v) is 9.73. The van der Waals surface area contributed by atoms with E-state index in [0.717, 1.165) is 50.0 Å². The van der Waals surface area contributed by atoms with Crippen LogP contribution in [0.2, 0.25) is 0 Å². The smallest absolute Gasteiger partial charge is 0.343 e. The molecule has 0 spiro atoms. The van der Waals surface area contributed by atoms with Crippen molar-refractivity contribution in [1.29, 1.82) is 0 Å². The number of aromatic nitrogens is 3. The van der Waals surface area contributed by atoms with Crippen LogP contribution >= 0.6 is 0 Å². The summed E-state index contributed by atoms with van der Waals surface area (Å²) in [4.78, 5) is 31.3. The van der Waals surface area contributed by atoms with Gasteiger partial charge in [-0.3, -0.25) is 4.79 Å². The van der Waals surface area contributed by atoms with Gasteiger partial charge in [0.15, 0.2) is 0 Å². The summed E-state index contributed by atoms with van der Waals surface area (Å²) < 4.78 is 7.77. The maximum absolute atomic E-state index is 14.1. The molecule has 1 aliphatic rings. The van der Waals surface area contributed by atoms with Crippen molar-refractivity contribution >= 4 is 10.9 Å². The molecular formula is C30H28N4O4. The number of nitrogens with zero attached hydrogens (tertiary/aromatic N) is 2. The van der Waals surface area contributed by atoms with E-state index in [0.29, 0.717) is 17.9 Å². The maximum Gasteiger partial charge on any atom is 0.343 e. The van der Waals surface area contributed by atoms with Crippen molar-refractivity contribution in [1.82, 2.24) is 19.4 Å². The van der Waals surface area contributed by atoms with Gasteiger partial charge in [0.05, 0.1) is 24.5 Å². The first-order valence-corrected chi connectivity index (χ1v) is 12.5. The van der Waals surface area contributed by atoms with Gasteiger partial charge in [-0.1, -0.05) is 35.4 Å². The topological polar surface area (TPSA) is 101 Å². The zero-order valence-corrected chi connectivity index (χ0v) is 21.4. The Morgan fingerprint density at radius 3 is 2.16 bits per heavy atom. The van der Waals surface area contributed by atoms with Crippen molar-refractivity contribution in [2.75, 3.05) is 13.7 Å². The van der Waals surface area contributed by atoms with E-state index in [1.54, 1.807) is 31.4 Å². The first-order valence-electron chi connectivity index (χ1n) is 12.5. The van der Waals surface area contributed by atoms with E-state index in [1.807, 2.05) is 56.3 Å². The highest BCUT2D eigenvalue weighted by atomic mass is 16.5. The number of ether oxygens (including phenoxy) is 1. The minimum Gasteiger partial charge on any atom is -0.497 e. The summed E-state index contributed by atoms with van der Waals surface area (Å²) in [5.74, 6) is 0.362. The van der Waals surface area contributed by atoms with Gasteiger partial charge < -0.3 is 20.1 Å². The molecule has 0 fully saturated rings. The van der Waals surface area contributed by atoms with E-state index in [2.05, 4.69) is 10.3 Å². The summed E-state index contributed by atoms with van der Waals surface area (Å²) in [7, 11) is 1.63. The number of nitrogens with one attached hydrogen (secondary N) is 2. The zero-order chi connectivity index (χ0) is 26.6. The Hall–Kier alpha value is -4.56. The molecule has 0 radical (unpaired) electrons. The van der Waals surface area contributed by atoms with Gasteiger partial charge in [0.2, 0.25) is 5.88 Å². The molecule has 8 nitrogen and oxygen atoms in total. The lowest BCUT2D eigenvalue weighted by Crippen LogP contribution is -2.43. The van der Waals surface area contributed by atoms with Gasteiger partial charge in [-0.15, -0.1) is 0 Å². The largest absolute Gasteiger partial charge is 0.497 e. The van der Waals surface area contributed by atoms with E-state index in [4.69, 9.17) is 4.74 Å². The fourth-order valence-electron chi connectivity index (χ4n) is 5.30. The second-order valence-electron chi connectivity index (χ2n) is 9.73. The molecule has 0 bridgehead atoms. The average molecular weight is 509 g/mol. The number of fused-ring (bicyclic) bond motifs is 3. The average Bonchev–Trinajstić information content (AvgIpc) is 3.29. The molecule has 8 heteroatoms. The van der Waals surface area contributed by atoms with Gasteiger partial charge in [0.25, 0.3) is 5.56 Å². The zero-order valence-electron chi connectivity index (χ0n) is 21.4. The van der Waals surface area contributed by atoms with Gasteiger partial charge in [-0.25, -0.2) is 13.9 Å². The summed E-state index contributed by atoms with van der Waals surface area (Å²) in [5, 5.41) is 16.0. The van der Waals surface area contributed by atoms with E-state index in [-0.39, 0.29) is 11.4 Å². The summed E-state index contributed by atoms with van der Waals surface area (Å²) in [6.45, 7) is 4.48. The molecule has 0 saturated heterocycles. The minimum absolute atomic E-state index is 0.102. The van der Waals surface area contributed by atoms with Gasteiger partial charge in [0, 0.05) is 23.1 Å². The van der Waals surface area contributed by atoms with E-state index in [1.165, 1.54) is 4.57 Å². The molecule has 0 saturated carbocycles. The molecule has 2 aromatic heterocycles. The van der Waals surface area contributed by atoms with Crippen molar-refractivity contribution < 1.29 is 9.84 Å². The van der Waals surface area contributed by atoms with Gasteiger partial charge in [-0.2, -0.15) is 0 Å². The standard InChI is InChI=1S/C30H28N4O4/c1-17-4-8-19(9-5-17)33-28(35)25(29(36)34(30(33)37)20-10-6-18(2)7-11-20)27-26-22(14-15-31-27)23-16-21(38-3)12-13-24(23)32-26/h4-13,16,27,31-32,35H,14-15H2,1-3H3/t27-/m0/s1. The van der Waals surface area contributed by atoms with Crippen molar-refractivity contribution in [2.45, 2.75) is 26.3 Å². The van der Waals surface area contributed by atoms with Crippen LogP contribution in [0.15, 0.2) is 76.3 Å². The van der Waals surface area contributed by atoms with E-state index >= 15 is 0 Å². The lowest BCUT2D eigenvalue weighted by Gasteiger charge is -2.26. The molecule has 3 heterocycles. The van der Waals surface area contributed by atoms with Gasteiger partial charge in [0.1, 0.15) is 11.3 Å². The third-order valence-electron chi connectivity index (χ3n) is 7.30. The lowest BCUT2D eigenvalue weighted by atomic mass is 9.95. The molecule has 3 N–H and O–H groups in total. The minimum atomic E-state index is -0.654. The molecule has 1 aliphatic heterocycles. The van der Waals surface area contributed by atoms with Crippen molar-refractivity contribution in [3.63, 3.8) is 0 Å². The first-order chi connectivity index (χ1) is 18.4. The number of benzene rings is 3. The van der Waals surface area contributed by atoms with Crippen LogP contribution in [-0.4, -0.2) is 32.9 Å².